The summed E-state index contributed by atoms with van der Waals surface area (Å²) in [5.41, 5.74) is 6.42. The summed E-state index contributed by atoms with van der Waals surface area (Å²) in [6, 6.07) is 8.55. The van der Waals surface area contributed by atoms with Crippen LogP contribution < -0.4 is 5.73 Å². The zero-order valence-corrected chi connectivity index (χ0v) is 9.10. The lowest BCUT2D eigenvalue weighted by Gasteiger charge is -2.14. The van der Waals surface area contributed by atoms with Crippen LogP contribution in [0.25, 0.3) is 0 Å². The number of hydrogen-bond acceptors (Lipinski definition) is 2. The first-order chi connectivity index (χ1) is 7.68. The normalized spacial score (nSPS) is 12.6. The van der Waals surface area contributed by atoms with Crippen molar-refractivity contribution in [3.8, 4) is 0 Å². The quantitative estimate of drug-likeness (QED) is 0.861. The van der Waals surface area contributed by atoms with Crippen LogP contribution in [0.1, 0.15) is 18.5 Å². The molecule has 4 heteroatoms. The number of halogens is 1. The summed E-state index contributed by atoms with van der Waals surface area (Å²) >= 11 is 0. The molecule has 0 fully saturated rings. The standard InChI is InChI=1S/C12H14FN3/c1-9(16-12(14)6-7-15-16)8-10-4-2-3-5-11(10)13/h2-7,9H,8,14H2,1H3. The lowest BCUT2D eigenvalue weighted by Crippen LogP contribution is -2.13. The second kappa shape index (κ2) is 4.35. The van der Waals surface area contributed by atoms with Crippen molar-refractivity contribution < 1.29 is 4.39 Å². The Morgan fingerprint density at radius 2 is 2.12 bits per heavy atom. The molecule has 1 heterocycles. The Morgan fingerprint density at radius 1 is 1.38 bits per heavy atom. The maximum atomic E-state index is 13.4. The molecule has 0 bridgehead atoms. The molecular weight excluding hydrogens is 205 g/mol. The van der Waals surface area contributed by atoms with Gasteiger partial charge in [0.25, 0.3) is 0 Å². The largest absolute Gasteiger partial charge is 0.384 e. The minimum absolute atomic E-state index is 0.0481. The third kappa shape index (κ3) is 2.05. The molecule has 0 aliphatic carbocycles. The average molecular weight is 219 g/mol. The summed E-state index contributed by atoms with van der Waals surface area (Å²) in [4.78, 5) is 0. The van der Waals surface area contributed by atoms with Gasteiger partial charge in [-0.05, 0) is 31.0 Å². The summed E-state index contributed by atoms with van der Waals surface area (Å²) < 4.78 is 15.1. The molecule has 0 saturated heterocycles. The Hall–Kier alpha value is -1.84. The molecule has 1 atom stereocenters. The van der Waals surface area contributed by atoms with Crippen LogP contribution in [0.4, 0.5) is 10.2 Å². The third-order valence-electron chi connectivity index (χ3n) is 2.59. The highest BCUT2D eigenvalue weighted by Gasteiger charge is 2.11. The SMILES string of the molecule is CC(Cc1ccccc1F)n1nccc1N. The third-order valence-corrected chi connectivity index (χ3v) is 2.59. The van der Waals surface area contributed by atoms with E-state index in [1.54, 1.807) is 29.1 Å². The molecule has 2 aromatic rings. The molecule has 0 aliphatic heterocycles. The number of aromatic nitrogens is 2. The molecule has 1 aromatic carbocycles. The molecule has 0 radical (unpaired) electrons. The highest BCUT2D eigenvalue weighted by Crippen LogP contribution is 2.18. The van der Waals surface area contributed by atoms with Crippen LogP contribution in [0.2, 0.25) is 0 Å². The molecule has 1 unspecified atom stereocenters. The average Bonchev–Trinajstić information content (AvgIpc) is 2.68. The van der Waals surface area contributed by atoms with Crippen LogP contribution >= 0.6 is 0 Å². The monoisotopic (exact) mass is 219 g/mol. The first kappa shape index (κ1) is 10.7. The predicted octanol–water partition coefficient (Wildman–Crippen LogP) is 2.41. The maximum Gasteiger partial charge on any atom is 0.126 e. The lowest BCUT2D eigenvalue weighted by atomic mass is 10.1. The van der Waals surface area contributed by atoms with E-state index in [2.05, 4.69) is 5.10 Å². The molecule has 0 aliphatic rings. The van der Waals surface area contributed by atoms with Crippen LogP contribution in [0, 0.1) is 5.82 Å². The number of hydrogen-bond donors (Lipinski definition) is 1. The van der Waals surface area contributed by atoms with Crippen LogP contribution in [-0.2, 0) is 6.42 Å². The molecule has 2 rings (SSSR count). The summed E-state index contributed by atoms with van der Waals surface area (Å²) in [6.07, 6.45) is 2.23. The number of benzene rings is 1. The zero-order chi connectivity index (χ0) is 11.5. The molecule has 1 aromatic heterocycles. The van der Waals surface area contributed by atoms with Crippen molar-refractivity contribution in [3.05, 3.63) is 47.9 Å². The molecule has 2 N–H and O–H groups in total. The number of nitrogen functional groups attached to an aromatic ring is 1. The molecule has 0 amide bonds. The second-order valence-electron chi connectivity index (χ2n) is 3.85. The van der Waals surface area contributed by atoms with Gasteiger partial charge in [0.15, 0.2) is 0 Å². The van der Waals surface area contributed by atoms with Gasteiger partial charge in [-0.25, -0.2) is 9.07 Å². The van der Waals surface area contributed by atoms with E-state index in [1.165, 1.54) is 6.07 Å². The Morgan fingerprint density at radius 3 is 2.75 bits per heavy atom. The highest BCUT2D eigenvalue weighted by molar-refractivity contribution is 5.27. The van der Waals surface area contributed by atoms with Crippen molar-refractivity contribution in [2.24, 2.45) is 0 Å². The van der Waals surface area contributed by atoms with Gasteiger partial charge in [0.05, 0.1) is 12.2 Å². The van der Waals surface area contributed by atoms with Gasteiger partial charge in [0, 0.05) is 0 Å². The minimum Gasteiger partial charge on any atom is -0.384 e. The van der Waals surface area contributed by atoms with Crippen molar-refractivity contribution in [2.45, 2.75) is 19.4 Å². The fourth-order valence-corrected chi connectivity index (χ4v) is 1.76. The molecular formula is C12H14FN3. The summed E-state index contributed by atoms with van der Waals surface area (Å²) in [6.45, 7) is 1.97. The lowest BCUT2D eigenvalue weighted by molar-refractivity contribution is 0.483. The number of anilines is 1. The van der Waals surface area contributed by atoms with Gasteiger partial charge in [-0.3, -0.25) is 0 Å². The Labute approximate surface area is 93.7 Å². The van der Waals surface area contributed by atoms with Gasteiger partial charge in [-0.1, -0.05) is 18.2 Å². The number of nitrogens with two attached hydrogens (primary N) is 1. The van der Waals surface area contributed by atoms with E-state index < -0.39 is 0 Å². The van der Waals surface area contributed by atoms with Crippen LogP contribution in [0.5, 0.6) is 0 Å². The zero-order valence-electron chi connectivity index (χ0n) is 9.10. The van der Waals surface area contributed by atoms with E-state index in [1.807, 2.05) is 13.0 Å². The number of rotatable bonds is 3. The van der Waals surface area contributed by atoms with Crippen LogP contribution in [0.15, 0.2) is 36.5 Å². The number of nitrogens with zero attached hydrogens (tertiary/aromatic N) is 2. The van der Waals surface area contributed by atoms with Gasteiger partial charge < -0.3 is 5.73 Å². The summed E-state index contributed by atoms with van der Waals surface area (Å²) in [7, 11) is 0. The first-order valence-electron chi connectivity index (χ1n) is 5.21. The van der Waals surface area contributed by atoms with Gasteiger partial charge in [-0.15, -0.1) is 0 Å². The molecule has 84 valence electrons. The van der Waals surface area contributed by atoms with E-state index in [4.69, 9.17) is 5.73 Å². The Balaban J connectivity index is 2.17. The topological polar surface area (TPSA) is 43.8 Å². The van der Waals surface area contributed by atoms with E-state index in [-0.39, 0.29) is 11.9 Å². The van der Waals surface area contributed by atoms with Crippen molar-refractivity contribution in [3.63, 3.8) is 0 Å². The summed E-state index contributed by atoms with van der Waals surface area (Å²) in [5, 5.41) is 4.11. The van der Waals surface area contributed by atoms with Gasteiger partial charge in [0.1, 0.15) is 11.6 Å². The second-order valence-corrected chi connectivity index (χ2v) is 3.85. The van der Waals surface area contributed by atoms with Gasteiger partial charge >= 0.3 is 0 Å². The molecule has 16 heavy (non-hydrogen) atoms. The minimum atomic E-state index is -0.180. The van der Waals surface area contributed by atoms with Crippen LogP contribution in [-0.4, -0.2) is 9.78 Å². The van der Waals surface area contributed by atoms with E-state index >= 15 is 0 Å². The van der Waals surface area contributed by atoms with E-state index in [9.17, 15) is 4.39 Å². The fourth-order valence-electron chi connectivity index (χ4n) is 1.76. The first-order valence-corrected chi connectivity index (χ1v) is 5.21. The molecule has 0 spiro atoms. The Kier molecular flexibility index (Phi) is 2.90. The van der Waals surface area contributed by atoms with Crippen molar-refractivity contribution in [1.29, 1.82) is 0 Å². The fraction of sp³-hybridized carbons (Fsp3) is 0.250. The highest BCUT2D eigenvalue weighted by atomic mass is 19.1. The van der Waals surface area contributed by atoms with Gasteiger partial charge in [-0.2, -0.15) is 5.10 Å². The van der Waals surface area contributed by atoms with Crippen molar-refractivity contribution >= 4 is 5.82 Å². The summed E-state index contributed by atoms with van der Waals surface area (Å²) in [5.74, 6) is 0.420. The maximum absolute atomic E-state index is 13.4. The van der Waals surface area contributed by atoms with Crippen LogP contribution in [0.3, 0.4) is 0 Å². The van der Waals surface area contributed by atoms with Gasteiger partial charge in [0.2, 0.25) is 0 Å². The predicted molar refractivity (Wildman–Crippen MR) is 61.5 cm³/mol. The van der Waals surface area contributed by atoms with Crippen molar-refractivity contribution in [2.75, 3.05) is 5.73 Å². The van der Waals surface area contributed by atoms with Crippen molar-refractivity contribution in [1.82, 2.24) is 9.78 Å². The van der Waals surface area contributed by atoms with E-state index in [0.29, 0.717) is 17.8 Å². The van der Waals surface area contributed by atoms with E-state index in [0.717, 1.165) is 0 Å². The molecule has 3 nitrogen and oxygen atoms in total. The Bertz CT molecular complexity index is 479. The molecule has 0 saturated carbocycles. The smallest absolute Gasteiger partial charge is 0.126 e.